The number of thiocarbonyl (C=S) groups is 1. The molecule has 0 radical (unpaired) electrons. The third-order valence-corrected chi connectivity index (χ3v) is 4.42. The van der Waals surface area contributed by atoms with Crippen LogP contribution in [0, 0.1) is 0 Å². The third-order valence-electron chi connectivity index (χ3n) is 4.11. The molecule has 0 amide bonds. The van der Waals surface area contributed by atoms with E-state index in [-0.39, 0.29) is 11.8 Å². The van der Waals surface area contributed by atoms with Crippen LogP contribution in [0.1, 0.15) is 10.4 Å². The highest BCUT2D eigenvalue weighted by Crippen LogP contribution is 2.28. The van der Waals surface area contributed by atoms with E-state index in [4.69, 9.17) is 35.9 Å². The molecule has 1 saturated heterocycles. The number of hydrogen-bond donors (Lipinski definition) is 0. The molecule has 0 saturated carbocycles. The second-order valence-electron chi connectivity index (χ2n) is 5.76. The summed E-state index contributed by atoms with van der Waals surface area (Å²) in [6.45, 7) is -0.0370. The highest BCUT2D eigenvalue weighted by Gasteiger charge is 2.48. The predicted octanol–water partition coefficient (Wildman–Crippen LogP) is 1.64. The Bertz CT molecular complexity index is 754. The summed E-state index contributed by atoms with van der Waals surface area (Å²) in [5.41, 5.74) is 0.452. The van der Waals surface area contributed by atoms with Gasteiger partial charge in [-0.1, -0.05) is 18.2 Å². The van der Waals surface area contributed by atoms with E-state index in [1.807, 2.05) is 6.07 Å². The van der Waals surface area contributed by atoms with Crippen molar-refractivity contribution in [3.05, 3.63) is 54.6 Å². The molecular formula is C18H20N2O6S. The number of carbonyl (C=O) groups excluding carboxylic acids is 1. The molecule has 27 heavy (non-hydrogen) atoms. The van der Waals surface area contributed by atoms with Crippen molar-refractivity contribution in [3.63, 3.8) is 0 Å². The van der Waals surface area contributed by atoms with Crippen molar-refractivity contribution in [2.24, 2.45) is 0 Å². The van der Waals surface area contributed by atoms with Crippen molar-refractivity contribution >= 4 is 23.4 Å². The molecule has 4 unspecified atom stereocenters. The van der Waals surface area contributed by atoms with Gasteiger partial charge in [0.1, 0.15) is 25.1 Å². The van der Waals surface area contributed by atoms with Gasteiger partial charge in [0.2, 0.25) is 0 Å². The van der Waals surface area contributed by atoms with Crippen LogP contribution in [0.25, 0.3) is 0 Å². The maximum atomic E-state index is 12.2. The Labute approximate surface area is 161 Å². The molecular weight excluding hydrogens is 372 g/mol. The van der Waals surface area contributed by atoms with Crippen LogP contribution < -0.4 is 0 Å². The molecule has 2 heterocycles. The first kappa shape index (κ1) is 19.4. The summed E-state index contributed by atoms with van der Waals surface area (Å²) in [5, 5.41) is 0.180. The van der Waals surface area contributed by atoms with Crippen molar-refractivity contribution in [2.45, 2.75) is 24.6 Å². The number of hydrogen-bond acceptors (Lipinski definition) is 8. The van der Waals surface area contributed by atoms with E-state index in [1.165, 1.54) is 20.5 Å². The molecule has 144 valence electrons. The molecule has 3 rings (SSSR count). The van der Waals surface area contributed by atoms with Crippen LogP contribution in [0.5, 0.6) is 0 Å². The van der Waals surface area contributed by atoms with E-state index in [0.29, 0.717) is 5.56 Å². The van der Waals surface area contributed by atoms with E-state index in [0.717, 1.165) is 0 Å². The zero-order valence-corrected chi connectivity index (χ0v) is 15.7. The van der Waals surface area contributed by atoms with Crippen LogP contribution in [0.3, 0.4) is 0 Å². The summed E-state index contributed by atoms with van der Waals surface area (Å²) in [4.78, 5) is 16.1. The van der Waals surface area contributed by atoms with Crippen LogP contribution in [0.15, 0.2) is 49.1 Å². The van der Waals surface area contributed by atoms with Crippen LogP contribution >= 0.6 is 12.2 Å². The smallest absolute Gasteiger partial charge is 0.338 e. The van der Waals surface area contributed by atoms with Gasteiger partial charge in [0.15, 0.2) is 12.4 Å². The maximum Gasteiger partial charge on any atom is 0.338 e. The zero-order chi connectivity index (χ0) is 19.2. The fraction of sp³-hybridized carbons (Fsp3) is 0.389. The highest BCUT2D eigenvalue weighted by molar-refractivity contribution is 7.80. The average molecular weight is 392 g/mol. The summed E-state index contributed by atoms with van der Waals surface area (Å²) in [7, 11) is 3.02. The lowest BCUT2D eigenvalue weighted by molar-refractivity contribution is -0.159. The third kappa shape index (κ3) is 4.51. The molecule has 1 aromatic carbocycles. The van der Waals surface area contributed by atoms with Gasteiger partial charge in [-0.25, -0.2) is 9.78 Å². The Morgan fingerprint density at radius 2 is 2.00 bits per heavy atom. The number of carbonyl (C=O) groups is 1. The average Bonchev–Trinajstić information content (AvgIpc) is 3.35. The lowest BCUT2D eigenvalue weighted by Crippen LogP contribution is -2.41. The fourth-order valence-corrected chi connectivity index (χ4v) is 2.98. The SMILES string of the molecule is COC1OC(COC(=O)c2ccccc2)C(OC(=S)n2ccnc2)C1OC. The summed E-state index contributed by atoms with van der Waals surface area (Å²) < 4.78 is 29.4. The van der Waals surface area contributed by atoms with Crippen molar-refractivity contribution in [3.8, 4) is 0 Å². The highest BCUT2D eigenvalue weighted by atomic mass is 32.1. The van der Waals surface area contributed by atoms with E-state index >= 15 is 0 Å². The van der Waals surface area contributed by atoms with Gasteiger partial charge in [0.25, 0.3) is 5.17 Å². The molecule has 0 spiro atoms. The standard InChI is InChI=1S/C18H20N2O6S/c1-22-15-14(26-18(27)20-9-8-19-11-20)13(25-17(15)23-2)10-24-16(21)12-6-4-3-5-7-12/h3-9,11,13-15,17H,10H2,1-2H3. The van der Waals surface area contributed by atoms with Crippen molar-refractivity contribution in [1.29, 1.82) is 0 Å². The minimum atomic E-state index is -0.675. The first-order valence-electron chi connectivity index (χ1n) is 8.26. The van der Waals surface area contributed by atoms with Crippen molar-refractivity contribution in [1.82, 2.24) is 9.55 Å². The van der Waals surface area contributed by atoms with Crippen LogP contribution in [-0.2, 0) is 23.7 Å². The van der Waals surface area contributed by atoms with Gasteiger partial charge >= 0.3 is 5.97 Å². The zero-order valence-electron chi connectivity index (χ0n) is 14.9. The van der Waals surface area contributed by atoms with E-state index in [1.54, 1.807) is 41.2 Å². The largest absolute Gasteiger partial charge is 0.461 e. The van der Waals surface area contributed by atoms with Gasteiger partial charge < -0.3 is 23.7 Å². The van der Waals surface area contributed by atoms with Crippen LogP contribution in [0.4, 0.5) is 0 Å². The van der Waals surface area contributed by atoms with Gasteiger partial charge in [-0.2, -0.15) is 0 Å². The molecule has 1 aliphatic heterocycles. The van der Waals surface area contributed by atoms with Gasteiger partial charge in [0, 0.05) is 26.6 Å². The minimum Gasteiger partial charge on any atom is -0.461 e. The molecule has 1 aromatic heterocycles. The number of benzene rings is 1. The summed E-state index contributed by atoms with van der Waals surface area (Å²) >= 11 is 5.29. The van der Waals surface area contributed by atoms with Crippen LogP contribution in [-0.4, -0.2) is 66.1 Å². The molecule has 1 fully saturated rings. The number of ether oxygens (including phenoxy) is 5. The maximum absolute atomic E-state index is 12.2. The molecule has 4 atom stereocenters. The number of aromatic nitrogens is 2. The van der Waals surface area contributed by atoms with E-state index in [2.05, 4.69) is 4.98 Å². The number of methoxy groups -OCH3 is 2. The van der Waals surface area contributed by atoms with Crippen molar-refractivity contribution in [2.75, 3.05) is 20.8 Å². The molecule has 0 aliphatic carbocycles. The van der Waals surface area contributed by atoms with Crippen molar-refractivity contribution < 1.29 is 28.5 Å². The Morgan fingerprint density at radius 1 is 1.22 bits per heavy atom. The fourth-order valence-electron chi connectivity index (χ4n) is 2.77. The van der Waals surface area contributed by atoms with Gasteiger partial charge in [-0.05, 0) is 24.4 Å². The Morgan fingerprint density at radius 3 is 2.63 bits per heavy atom. The number of rotatable bonds is 6. The molecule has 9 heteroatoms. The Kier molecular flexibility index (Phi) is 6.51. The number of imidazole rings is 1. The van der Waals surface area contributed by atoms with Gasteiger partial charge in [0.05, 0.1) is 5.56 Å². The lowest BCUT2D eigenvalue weighted by atomic mass is 10.1. The topological polar surface area (TPSA) is 81.0 Å². The number of esters is 1. The van der Waals surface area contributed by atoms with Gasteiger partial charge in [-0.3, -0.25) is 4.57 Å². The predicted molar refractivity (Wildman–Crippen MR) is 98.3 cm³/mol. The van der Waals surface area contributed by atoms with E-state index in [9.17, 15) is 4.79 Å². The molecule has 8 nitrogen and oxygen atoms in total. The molecule has 0 N–H and O–H groups in total. The summed E-state index contributed by atoms with van der Waals surface area (Å²) in [5.74, 6) is -0.454. The first-order valence-corrected chi connectivity index (χ1v) is 8.67. The Balaban J connectivity index is 1.68. The number of nitrogens with zero attached hydrogens (tertiary/aromatic N) is 2. The van der Waals surface area contributed by atoms with Gasteiger partial charge in [-0.15, -0.1) is 0 Å². The van der Waals surface area contributed by atoms with E-state index < -0.39 is 30.6 Å². The molecule has 0 bridgehead atoms. The minimum absolute atomic E-state index is 0.0370. The second kappa shape index (κ2) is 9.05. The second-order valence-corrected chi connectivity index (χ2v) is 6.11. The lowest BCUT2D eigenvalue weighted by Gasteiger charge is -2.23. The molecule has 2 aromatic rings. The monoisotopic (exact) mass is 392 g/mol. The Hall–Kier alpha value is -2.33. The normalized spacial score (nSPS) is 24.5. The quantitative estimate of drug-likeness (QED) is 0.542. The van der Waals surface area contributed by atoms with Crippen LogP contribution in [0.2, 0.25) is 0 Å². The first-order chi connectivity index (χ1) is 13.1. The summed E-state index contributed by atoms with van der Waals surface area (Å²) in [6.07, 6.45) is 2.32. The summed E-state index contributed by atoms with van der Waals surface area (Å²) in [6, 6.07) is 8.70. The molecule has 1 aliphatic rings.